The molecule has 0 unspecified atom stereocenters. The molecule has 30 heavy (non-hydrogen) atoms. The van der Waals surface area contributed by atoms with Gasteiger partial charge in [-0.3, -0.25) is 4.98 Å². The third kappa shape index (κ3) is 4.30. The number of benzene rings is 2. The Bertz CT molecular complexity index is 1300. The van der Waals surface area contributed by atoms with Gasteiger partial charge in [0.05, 0.1) is 11.1 Å². The van der Waals surface area contributed by atoms with Crippen molar-refractivity contribution in [1.82, 2.24) is 15.0 Å². The largest absolute Gasteiger partial charge is 0.417 e. The van der Waals surface area contributed by atoms with Crippen molar-refractivity contribution in [2.75, 3.05) is 10.6 Å². The quantitative estimate of drug-likeness (QED) is 0.358. The molecular formula is C19H13BrF3N5O2. The number of hydrogen-bond acceptors (Lipinski definition) is 6. The fourth-order valence-electron chi connectivity index (χ4n) is 2.75. The molecule has 0 atom stereocenters. The third-order valence-corrected chi connectivity index (χ3v) is 4.59. The van der Waals surface area contributed by atoms with Crippen molar-refractivity contribution in [2.45, 2.75) is 13.1 Å². The van der Waals surface area contributed by atoms with E-state index in [-0.39, 0.29) is 16.1 Å². The van der Waals surface area contributed by atoms with Gasteiger partial charge in [-0.05, 0) is 43.3 Å². The van der Waals surface area contributed by atoms with Crippen molar-refractivity contribution in [3.05, 3.63) is 68.7 Å². The van der Waals surface area contributed by atoms with Crippen LogP contribution in [0.3, 0.4) is 0 Å². The van der Waals surface area contributed by atoms with Crippen LogP contribution in [-0.4, -0.2) is 15.0 Å². The van der Waals surface area contributed by atoms with Gasteiger partial charge in [-0.2, -0.15) is 18.2 Å². The minimum Gasteiger partial charge on any atom is -0.408 e. The summed E-state index contributed by atoms with van der Waals surface area (Å²) in [6.45, 7) is 1.78. The number of nitrogens with one attached hydrogen (secondary N) is 3. The van der Waals surface area contributed by atoms with Crippen molar-refractivity contribution < 1.29 is 17.6 Å². The minimum atomic E-state index is -4.48. The maximum Gasteiger partial charge on any atom is 0.417 e. The highest BCUT2D eigenvalue weighted by molar-refractivity contribution is 9.10. The Morgan fingerprint density at radius 2 is 1.90 bits per heavy atom. The molecule has 0 saturated carbocycles. The summed E-state index contributed by atoms with van der Waals surface area (Å²) in [4.78, 5) is 22.3. The first-order valence-corrected chi connectivity index (χ1v) is 9.35. The minimum absolute atomic E-state index is 0.118. The van der Waals surface area contributed by atoms with Gasteiger partial charge in [0, 0.05) is 27.6 Å². The Kier molecular flexibility index (Phi) is 4.98. The van der Waals surface area contributed by atoms with Crippen LogP contribution in [0.1, 0.15) is 11.1 Å². The number of oxazole rings is 1. The van der Waals surface area contributed by atoms with Crippen LogP contribution in [0.25, 0.3) is 11.1 Å². The topological polar surface area (TPSA) is 95.8 Å². The number of anilines is 4. The molecule has 0 aliphatic heterocycles. The molecule has 0 radical (unpaired) electrons. The Balaban J connectivity index is 1.61. The zero-order valence-electron chi connectivity index (χ0n) is 15.3. The van der Waals surface area contributed by atoms with E-state index in [9.17, 15) is 18.0 Å². The molecule has 0 bridgehead atoms. The Morgan fingerprint density at radius 3 is 2.67 bits per heavy atom. The molecule has 0 aliphatic rings. The molecule has 2 heterocycles. The van der Waals surface area contributed by atoms with E-state index in [4.69, 9.17) is 4.42 Å². The van der Waals surface area contributed by atoms with Crippen LogP contribution < -0.4 is 16.4 Å². The molecular weight excluding hydrogens is 467 g/mol. The van der Waals surface area contributed by atoms with E-state index in [2.05, 4.69) is 41.5 Å². The Hall–Kier alpha value is -3.34. The Morgan fingerprint density at radius 1 is 1.10 bits per heavy atom. The normalized spacial score (nSPS) is 11.6. The number of hydrogen-bond donors (Lipinski definition) is 3. The molecule has 0 fully saturated rings. The van der Waals surface area contributed by atoms with E-state index in [1.54, 1.807) is 31.3 Å². The number of fused-ring (bicyclic) bond motifs is 1. The van der Waals surface area contributed by atoms with Gasteiger partial charge >= 0.3 is 11.9 Å². The highest BCUT2D eigenvalue weighted by atomic mass is 79.9. The SMILES string of the molecule is Cc1cnc(Nc2cc(Br)cc(C(F)(F)F)c2)nc1Nc1ccc2oc(=O)[nH]c2c1. The molecule has 11 heteroatoms. The maximum absolute atomic E-state index is 13.0. The second-order valence-electron chi connectivity index (χ2n) is 6.43. The molecule has 7 nitrogen and oxygen atoms in total. The second kappa shape index (κ2) is 7.48. The zero-order valence-corrected chi connectivity index (χ0v) is 16.9. The average Bonchev–Trinajstić information content (AvgIpc) is 3.02. The van der Waals surface area contributed by atoms with E-state index in [0.717, 1.165) is 12.1 Å². The predicted octanol–water partition coefficient (Wildman–Crippen LogP) is 5.49. The highest BCUT2D eigenvalue weighted by Gasteiger charge is 2.31. The monoisotopic (exact) mass is 479 g/mol. The van der Waals surface area contributed by atoms with Crippen molar-refractivity contribution in [2.24, 2.45) is 0 Å². The van der Waals surface area contributed by atoms with Crippen molar-refractivity contribution >= 4 is 50.2 Å². The van der Waals surface area contributed by atoms with Gasteiger partial charge < -0.3 is 15.1 Å². The van der Waals surface area contributed by atoms with Crippen molar-refractivity contribution in [3.63, 3.8) is 0 Å². The van der Waals surface area contributed by atoms with Crippen LogP contribution in [0.5, 0.6) is 0 Å². The first kappa shape index (κ1) is 20.0. The molecule has 0 aliphatic carbocycles. The zero-order chi connectivity index (χ0) is 21.5. The van der Waals surface area contributed by atoms with Gasteiger partial charge in [0.25, 0.3) is 0 Å². The maximum atomic E-state index is 13.0. The number of aryl methyl sites for hydroxylation is 1. The molecule has 2 aromatic heterocycles. The van der Waals surface area contributed by atoms with Gasteiger partial charge in [0.1, 0.15) is 5.82 Å². The van der Waals surface area contributed by atoms with Crippen LogP contribution in [0.2, 0.25) is 0 Å². The molecule has 0 spiro atoms. The lowest BCUT2D eigenvalue weighted by molar-refractivity contribution is -0.137. The predicted molar refractivity (Wildman–Crippen MR) is 109 cm³/mol. The molecule has 4 rings (SSSR count). The summed E-state index contributed by atoms with van der Waals surface area (Å²) in [5.41, 5.74) is 1.67. The Labute approximate surface area is 175 Å². The van der Waals surface area contributed by atoms with Gasteiger partial charge in [-0.1, -0.05) is 15.9 Å². The number of aromatic amines is 1. The standard InChI is InChI=1S/C19H13BrF3N5O2/c1-9-8-24-17(26-13-5-10(19(21,22)23)4-11(20)6-13)28-16(9)25-12-2-3-15-14(7-12)27-18(29)30-15/h2-8H,1H3,(H,27,29)(H2,24,25,26,28). The second-order valence-corrected chi connectivity index (χ2v) is 7.34. The number of alkyl halides is 3. The molecule has 154 valence electrons. The van der Waals surface area contributed by atoms with Crippen molar-refractivity contribution in [3.8, 4) is 0 Å². The smallest absolute Gasteiger partial charge is 0.408 e. The fraction of sp³-hybridized carbons (Fsp3) is 0.105. The third-order valence-electron chi connectivity index (χ3n) is 4.13. The van der Waals surface area contributed by atoms with Crippen LogP contribution in [0.4, 0.5) is 36.3 Å². The average molecular weight is 480 g/mol. The van der Waals surface area contributed by atoms with E-state index in [1.165, 1.54) is 6.07 Å². The van der Waals surface area contributed by atoms with E-state index in [1.807, 2.05) is 0 Å². The lowest BCUT2D eigenvalue weighted by Gasteiger charge is -2.13. The van der Waals surface area contributed by atoms with E-state index >= 15 is 0 Å². The van der Waals surface area contributed by atoms with Gasteiger partial charge in [-0.15, -0.1) is 0 Å². The highest BCUT2D eigenvalue weighted by Crippen LogP contribution is 2.34. The van der Waals surface area contributed by atoms with Gasteiger partial charge in [0.15, 0.2) is 5.58 Å². The summed E-state index contributed by atoms with van der Waals surface area (Å²) in [5, 5.41) is 5.89. The van der Waals surface area contributed by atoms with Crippen LogP contribution in [0, 0.1) is 6.92 Å². The van der Waals surface area contributed by atoms with Gasteiger partial charge in [-0.25, -0.2) is 9.78 Å². The van der Waals surface area contributed by atoms with E-state index in [0.29, 0.717) is 28.2 Å². The van der Waals surface area contributed by atoms with Crippen LogP contribution in [0.15, 0.2) is 56.3 Å². The number of H-pyrrole nitrogens is 1. The number of aromatic nitrogens is 3. The lowest BCUT2D eigenvalue weighted by atomic mass is 10.2. The number of nitrogens with zero attached hydrogens (tertiary/aromatic N) is 2. The number of halogens is 4. The summed E-state index contributed by atoms with van der Waals surface area (Å²) >= 11 is 3.08. The van der Waals surface area contributed by atoms with Gasteiger partial charge in [0.2, 0.25) is 5.95 Å². The van der Waals surface area contributed by atoms with Crippen LogP contribution in [-0.2, 0) is 6.18 Å². The lowest BCUT2D eigenvalue weighted by Crippen LogP contribution is -2.07. The summed E-state index contributed by atoms with van der Waals surface area (Å²) in [6.07, 6.45) is -2.94. The molecule has 0 amide bonds. The molecule has 3 N–H and O–H groups in total. The molecule has 0 saturated heterocycles. The fourth-order valence-corrected chi connectivity index (χ4v) is 3.24. The number of rotatable bonds is 4. The molecule has 2 aromatic carbocycles. The van der Waals surface area contributed by atoms with Crippen molar-refractivity contribution in [1.29, 1.82) is 0 Å². The summed E-state index contributed by atoms with van der Waals surface area (Å²) in [6, 6.07) is 8.48. The van der Waals surface area contributed by atoms with Crippen LogP contribution >= 0.6 is 15.9 Å². The summed E-state index contributed by atoms with van der Waals surface area (Å²) < 4.78 is 44.4. The van der Waals surface area contributed by atoms with E-state index < -0.39 is 17.5 Å². The molecule has 4 aromatic rings. The first-order valence-electron chi connectivity index (χ1n) is 8.56. The first-order chi connectivity index (χ1) is 14.2. The summed E-state index contributed by atoms with van der Waals surface area (Å²) in [7, 11) is 0. The summed E-state index contributed by atoms with van der Waals surface area (Å²) in [5.74, 6) is 0.00922.